The maximum absolute atomic E-state index is 11.7. The van der Waals surface area contributed by atoms with Crippen LogP contribution >= 0.6 is 11.8 Å². The third kappa shape index (κ3) is 6.40. The van der Waals surface area contributed by atoms with E-state index in [-0.39, 0.29) is 12.0 Å². The van der Waals surface area contributed by atoms with E-state index < -0.39 is 5.60 Å². The van der Waals surface area contributed by atoms with Crippen LogP contribution in [0.3, 0.4) is 0 Å². The fraction of sp³-hybridized carbons (Fsp3) is 0.562. The Morgan fingerprint density at radius 3 is 2.57 bits per heavy atom. The second-order valence-corrected chi connectivity index (χ2v) is 6.92. The molecule has 0 bridgehead atoms. The predicted molar refractivity (Wildman–Crippen MR) is 87.6 cm³/mol. The van der Waals surface area contributed by atoms with Crippen molar-refractivity contribution in [2.45, 2.75) is 45.1 Å². The summed E-state index contributed by atoms with van der Waals surface area (Å²) in [4.78, 5) is 11.7. The second-order valence-electron chi connectivity index (χ2n) is 5.94. The molecule has 0 fully saturated rings. The van der Waals surface area contributed by atoms with Crippen LogP contribution in [0.1, 0.15) is 44.9 Å². The first-order valence-electron chi connectivity index (χ1n) is 6.95. The highest BCUT2D eigenvalue weighted by molar-refractivity contribution is 7.99. The number of hydrogen-bond acceptors (Lipinski definition) is 5. The molecule has 0 heterocycles. The van der Waals surface area contributed by atoms with Crippen LogP contribution in [0.25, 0.3) is 0 Å². The van der Waals surface area contributed by atoms with Crippen molar-refractivity contribution in [3.05, 3.63) is 29.3 Å². The van der Waals surface area contributed by atoms with Gasteiger partial charge in [0.05, 0.1) is 12.9 Å². The molecule has 0 aliphatic rings. The molecular formula is C16H25NO3S. The molecule has 0 spiro atoms. The van der Waals surface area contributed by atoms with Crippen molar-refractivity contribution >= 4 is 17.7 Å². The summed E-state index contributed by atoms with van der Waals surface area (Å²) in [5.41, 5.74) is 7.56. The van der Waals surface area contributed by atoms with Crippen molar-refractivity contribution in [1.29, 1.82) is 0 Å². The SMILES string of the molecule is COc1ccc(C(C)N)cc1CSCC(=O)OC(C)(C)C. The van der Waals surface area contributed by atoms with Crippen molar-refractivity contribution in [2.75, 3.05) is 12.9 Å². The molecule has 0 aliphatic carbocycles. The molecule has 1 aromatic rings. The molecule has 2 N–H and O–H groups in total. The summed E-state index contributed by atoms with van der Waals surface area (Å²) in [5, 5.41) is 0. The van der Waals surface area contributed by atoms with Crippen LogP contribution in [0.2, 0.25) is 0 Å². The van der Waals surface area contributed by atoms with E-state index in [1.807, 2.05) is 45.9 Å². The summed E-state index contributed by atoms with van der Waals surface area (Å²) in [7, 11) is 1.64. The Labute approximate surface area is 131 Å². The van der Waals surface area contributed by atoms with Crippen LogP contribution in [0, 0.1) is 0 Å². The van der Waals surface area contributed by atoms with Crippen molar-refractivity contribution in [2.24, 2.45) is 5.73 Å². The van der Waals surface area contributed by atoms with Gasteiger partial charge in [-0.1, -0.05) is 6.07 Å². The highest BCUT2D eigenvalue weighted by atomic mass is 32.2. The summed E-state index contributed by atoms with van der Waals surface area (Å²) >= 11 is 1.51. The van der Waals surface area contributed by atoms with Crippen LogP contribution in [0.5, 0.6) is 5.75 Å². The Bertz CT molecular complexity index is 481. The Balaban J connectivity index is 2.62. The number of benzene rings is 1. The van der Waals surface area contributed by atoms with Gasteiger partial charge in [-0.15, -0.1) is 11.8 Å². The molecule has 0 amide bonds. The van der Waals surface area contributed by atoms with Gasteiger partial charge < -0.3 is 15.2 Å². The lowest BCUT2D eigenvalue weighted by molar-refractivity contribution is -0.151. The number of rotatable bonds is 6. The lowest BCUT2D eigenvalue weighted by Gasteiger charge is -2.19. The number of carbonyl (C=O) groups is 1. The Hall–Kier alpha value is -1.20. The average Bonchev–Trinajstić information content (AvgIpc) is 2.36. The highest BCUT2D eigenvalue weighted by Gasteiger charge is 2.16. The normalized spacial score (nSPS) is 12.9. The summed E-state index contributed by atoms with van der Waals surface area (Å²) in [6.07, 6.45) is 0. The number of hydrogen-bond donors (Lipinski definition) is 1. The predicted octanol–water partition coefficient (Wildman–Crippen LogP) is 3.29. The zero-order valence-electron chi connectivity index (χ0n) is 13.4. The Morgan fingerprint density at radius 1 is 1.38 bits per heavy atom. The van der Waals surface area contributed by atoms with Crippen LogP contribution in [-0.4, -0.2) is 24.4 Å². The number of carbonyl (C=O) groups excluding carboxylic acids is 1. The first kappa shape index (κ1) is 17.9. The number of esters is 1. The molecule has 1 aromatic carbocycles. The van der Waals surface area contributed by atoms with Gasteiger partial charge in [0, 0.05) is 17.4 Å². The van der Waals surface area contributed by atoms with E-state index >= 15 is 0 Å². The fourth-order valence-corrected chi connectivity index (χ4v) is 2.58. The minimum atomic E-state index is -0.440. The zero-order chi connectivity index (χ0) is 16.0. The van der Waals surface area contributed by atoms with Gasteiger partial charge in [-0.05, 0) is 45.4 Å². The quantitative estimate of drug-likeness (QED) is 0.817. The van der Waals surface area contributed by atoms with E-state index in [2.05, 4.69) is 0 Å². The molecule has 4 nitrogen and oxygen atoms in total. The van der Waals surface area contributed by atoms with Gasteiger partial charge in [0.1, 0.15) is 11.4 Å². The van der Waals surface area contributed by atoms with E-state index in [0.29, 0.717) is 11.5 Å². The maximum atomic E-state index is 11.7. The minimum absolute atomic E-state index is 0.0227. The van der Waals surface area contributed by atoms with Gasteiger partial charge >= 0.3 is 5.97 Å². The monoisotopic (exact) mass is 311 g/mol. The Morgan fingerprint density at radius 2 is 2.05 bits per heavy atom. The minimum Gasteiger partial charge on any atom is -0.496 e. The molecule has 5 heteroatoms. The third-order valence-corrected chi connectivity index (χ3v) is 3.68. The van der Waals surface area contributed by atoms with Gasteiger partial charge in [0.15, 0.2) is 0 Å². The van der Waals surface area contributed by atoms with Crippen molar-refractivity contribution in [1.82, 2.24) is 0 Å². The average molecular weight is 311 g/mol. The van der Waals surface area contributed by atoms with Gasteiger partial charge in [0.2, 0.25) is 0 Å². The van der Waals surface area contributed by atoms with Gasteiger partial charge in [0.25, 0.3) is 0 Å². The summed E-state index contributed by atoms with van der Waals surface area (Å²) in [6.45, 7) is 7.54. The molecular weight excluding hydrogens is 286 g/mol. The summed E-state index contributed by atoms with van der Waals surface area (Å²) in [5.74, 6) is 1.62. The second kappa shape index (κ2) is 7.71. The molecule has 21 heavy (non-hydrogen) atoms. The van der Waals surface area contributed by atoms with Gasteiger partial charge in [-0.3, -0.25) is 4.79 Å². The van der Waals surface area contributed by atoms with Crippen LogP contribution in [-0.2, 0) is 15.3 Å². The third-order valence-electron chi connectivity index (χ3n) is 2.73. The van der Waals surface area contributed by atoms with E-state index in [9.17, 15) is 4.79 Å². The fourth-order valence-electron chi connectivity index (χ4n) is 1.81. The van der Waals surface area contributed by atoms with Gasteiger partial charge in [-0.25, -0.2) is 0 Å². The molecule has 0 saturated carbocycles. The molecule has 118 valence electrons. The molecule has 0 aliphatic heterocycles. The summed E-state index contributed by atoms with van der Waals surface area (Å²) < 4.78 is 10.6. The molecule has 0 radical (unpaired) electrons. The van der Waals surface area contributed by atoms with Crippen molar-refractivity contribution in [3.63, 3.8) is 0 Å². The number of ether oxygens (including phenoxy) is 2. The smallest absolute Gasteiger partial charge is 0.316 e. The van der Waals surface area contributed by atoms with E-state index in [1.165, 1.54) is 11.8 Å². The van der Waals surface area contributed by atoms with Crippen LogP contribution in [0.4, 0.5) is 0 Å². The molecule has 1 rings (SSSR count). The van der Waals surface area contributed by atoms with E-state index in [1.54, 1.807) is 7.11 Å². The zero-order valence-corrected chi connectivity index (χ0v) is 14.3. The first-order valence-corrected chi connectivity index (χ1v) is 8.10. The molecule has 0 saturated heterocycles. The maximum Gasteiger partial charge on any atom is 0.316 e. The number of thioether (sulfide) groups is 1. The van der Waals surface area contributed by atoms with Crippen molar-refractivity contribution < 1.29 is 14.3 Å². The number of nitrogens with two attached hydrogens (primary N) is 1. The largest absolute Gasteiger partial charge is 0.496 e. The molecule has 1 atom stereocenters. The van der Waals surface area contributed by atoms with E-state index in [4.69, 9.17) is 15.2 Å². The van der Waals surface area contributed by atoms with Crippen molar-refractivity contribution in [3.8, 4) is 5.75 Å². The van der Waals surface area contributed by atoms with Gasteiger partial charge in [-0.2, -0.15) is 0 Å². The molecule has 0 aromatic heterocycles. The standard InChI is InChI=1S/C16H25NO3S/c1-11(17)12-6-7-14(19-5)13(8-12)9-21-10-15(18)20-16(2,3)4/h6-8,11H,9-10,17H2,1-5H3. The van der Waals surface area contributed by atoms with E-state index in [0.717, 1.165) is 16.9 Å². The number of methoxy groups -OCH3 is 1. The van der Waals surface area contributed by atoms with Crippen LogP contribution in [0.15, 0.2) is 18.2 Å². The lowest BCUT2D eigenvalue weighted by atomic mass is 10.1. The summed E-state index contributed by atoms with van der Waals surface area (Å²) in [6, 6.07) is 5.89. The van der Waals surface area contributed by atoms with Crippen LogP contribution < -0.4 is 10.5 Å². The first-order chi connectivity index (χ1) is 9.73. The Kier molecular flexibility index (Phi) is 6.55. The highest BCUT2D eigenvalue weighted by Crippen LogP contribution is 2.26. The molecule has 1 unspecified atom stereocenters. The lowest BCUT2D eigenvalue weighted by Crippen LogP contribution is -2.24. The topological polar surface area (TPSA) is 61.5 Å².